The Labute approximate surface area is 170 Å². The molecule has 0 aliphatic carbocycles. The fourth-order valence-electron chi connectivity index (χ4n) is 3.90. The van der Waals surface area contributed by atoms with Gasteiger partial charge in [0, 0.05) is 18.2 Å². The zero-order valence-electron chi connectivity index (χ0n) is 16.8. The third-order valence-corrected chi connectivity index (χ3v) is 5.43. The minimum atomic E-state index is -0.287. The molecule has 2 aliphatic heterocycles. The van der Waals surface area contributed by atoms with E-state index in [4.69, 9.17) is 14.2 Å². The van der Waals surface area contributed by atoms with E-state index in [1.807, 2.05) is 13.0 Å². The van der Waals surface area contributed by atoms with Gasteiger partial charge in [-0.05, 0) is 43.7 Å². The summed E-state index contributed by atoms with van der Waals surface area (Å²) in [6.07, 6.45) is 3.11. The van der Waals surface area contributed by atoms with Crippen molar-refractivity contribution in [3.05, 3.63) is 45.9 Å². The second kappa shape index (κ2) is 9.07. The molecule has 1 fully saturated rings. The highest BCUT2D eigenvalue weighted by molar-refractivity contribution is 5.67. The van der Waals surface area contributed by atoms with Crippen LogP contribution in [-0.4, -0.2) is 53.3 Å². The van der Waals surface area contributed by atoms with Crippen molar-refractivity contribution in [1.29, 1.82) is 0 Å². The van der Waals surface area contributed by atoms with Crippen LogP contribution in [0.3, 0.4) is 0 Å². The predicted octanol–water partition coefficient (Wildman–Crippen LogP) is 1.96. The zero-order valence-corrected chi connectivity index (χ0v) is 16.8. The van der Waals surface area contributed by atoms with E-state index in [1.54, 1.807) is 4.57 Å². The summed E-state index contributed by atoms with van der Waals surface area (Å²) >= 11 is 0. The number of aryl methyl sites for hydroxylation is 2. The molecule has 7 heteroatoms. The third-order valence-electron chi connectivity index (χ3n) is 5.43. The van der Waals surface area contributed by atoms with E-state index in [2.05, 4.69) is 23.2 Å². The first kappa shape index (κ1) is 20.1. The van der Waals surface area contributed by atoms with Crippen molar-refractivity contribution < 1.29 is 19.3 Å². The van der Waals surface area contributed by atoms with Crippen molar-refractivity contribution in [2.24, 2.45) is 0 Å². The van der Waals surface area contributed by atoms with Crippen LogP contribution in [0, 0.1) is 0 Å². The molecule has 29 heavy (non-hydrogen) atoms. The molecule has 1 saturated heterocycles. The topological polar surface area (TPSA) is 82.8 Å². The van der Waals surface area contributed by atoms with Gasteiger partial charge in [0.05, 0.1) is 31.6 Å². The van der Waals surface area contributed by atoms with E-state index in [1.165, 1.54) is 11.1 Å². The summed E-state index contributed by atoms with van der Waals surface area (Å²) in [5, 5.41) is 9.45. The normalized spacial score (nSPS) is 19.3. The van der Waals surface area contributed by atoms with Crippen LogP contribution in [0.1, 0.15) is 30.9 Å². The highest BCUT2D eigenvalue weighted by atomic mass is 16.6. The lowest BCUT2D eigenvalue weighted by atomic mass is 9.94. The maximum absolute atomic E-state index is 12.5. The van der Waals surface area contributed by atoms with E-state index in [0.717, 1.165) is 36.9 Å². The molecule has 1 aromatic heterocycles. The van der Waals surface area contributed by atoms with E-state index >= 15 is 0 Å². The molecule has 0 bridgehead atoms. The molecule has 7 nitrogen and oxygen atoms in total. The van der Waals surface area contributed by atoms with Crippen LogP contribution in [-0.2, 0) is 28.9 Å². The van der Waals surface area contributed by atoms with E-state index in [0.29, 0.717) is 38.9 Å². The van der Waals surface area contributed by atoms with Gasteiger partial charge in [-0.2, -0.15) is 4.98 Å². The Bertz CT molecular complexity index is 903. The summed E-state index contributed by atoms with van der Waals surface area (Å²) in [7, 11) is 0. The Kier molecular flexibility index (Phi) is 6.28. The summed E-state index contributed by atoms with van der Waals surface area (Å²) in [6.45, 7) is 4.40. The smallest absolute Gasteiger partial charge is 0.351 e. The Balaban J connectivity index is 1.52. The monoisotopic (exact) mass is 400 g/mol. The van der Waals surface area contributed by atoms with Crippen LogP contribution in [0.5, 0.6) is 5.88 Å². The molecule has 2 aromatic rings. The zero-order chi connectivity index (χ0) is 20.2. The summed E-state index contributed by atoms with van der Waals surface area (Å²) < 4.78 is 18.4. The van der Waals surface area contributed by atoms with Crippen LogP contribution in [0.4, 0.5) is 0 Å². The number of benzene rings is 1. The molecule has 0 radical (unpaired) electrons. The van der Waals surface area contributed by atoms with Crippen LogP contribution in [0.15, 0.2) is 29.1 Å². The summed E-state index contributed by atoms with van der Waals surface area (Å²) in [4.78, 5) is 16.6. The Morgan fingerprint density at radius 3 is 3.03 bits per heavy atom. The average Bonchev–Trinajstić information content (AvgIpc) is 2.72. The highest BCUT2D eigenvalue weighted by Gasteiger charge is 2.21. The predicted molar refractivity (Wildman–Crippen MR) is 108 cm³/mol. The first-order valence-corrected chi connectivity index (χ1v) is 10.3. The van der Waals surface area contributed by atoms with Gasteiger partial charge in [-0.25, -0.2) is 4.79 Å². The van der Waals surface area contributed by atoms with Crippen LogP contribution in [0.2, 0.25) is 0 Å². The van der Waals surface area contributed by atoms with Gasteiger partial charge in [-0.15, -0.1) is 0 Å². The maximum Gasteiger partial charge on any atom is 0.351 e. The number of rotatable bonds is 7. The summed E-state index contributed by atoms with van der Waals surface area (Å²) in [5.41, 5.74) is 4.11. The first-order valence-electron chi connectivity index (χ1n) is 10.3. The molecule has 0 spiro atoms. The molecule has 0 amide bonds. The lowest BCUT2D eigenvalue weighted by Crippen LogP contribution is -2.34. The maximum atomic E-state index is 12.5. The first-order chi connectivity index (χ1) is 14.1. The van der Waals surface area contributed by atoms with Gasteiger partial charge in [0.1, 0.15) is 12.7 Å². The van der Waals surface area contributed by atoms with Gasteiger partial charge >= 0.3 is 5.69 Å². The molecule has 1 unspecified atom stereocenters. The molecule has 156 valence electrons. The largest absolute Gasteiger partial charge is 0.475 e. The average molecular weight is 400 g/mol. The number of aliphatic hydroxyl groups excluding tert-OH is 1. The minimum absolute atomic E-state index is 0.138. The quantitative estimate of drug-likeness (QED) is 0.765. The molecule has 2 aliphatic rings. The van der Waals surface area contributed by atoms with Crippen molar-refractivity contribution in [2.45, 2.75) is 51.4 Å². The lowest BCUT2D eigenvalue weighted by molar-refractivity contribution is -0.102. The van der Waals surface area contributed by atoms with E-state index < -0.39 is 0 Å². The Morgan fingerprint density at radius 1 is 1.34 bits per heavy atom. The molecular formula is C22H28N2O5. The van der Waals surface area contributed by atoms with Gasteiger partial charge in [0.15, 0.2) is 0 Å². The second-order valence-electron chi connectivity index (χ2n) is 7.78. The number of hydrogen-bond donors (Lipinski definition) is 1. The molecule has 0 saturated carbocycles. The van der Waals surface area contributed by atoms with Crippen LogP contribution >= 0.6 is 0 Å². The Hall–Kier alpha value is -2.22. The Morgan fingerprint density at radius 2 is 2.24 bits per heavy atom. The van der Waals surface area contributed by atoms with Crippen molar-refractivity contribution in [3.8, 4) is 17.1 Å². The molecule has 2 atom stereocenters. The molecule has 4 rings (SSSR count). The standard InChI is InChI=1S/C22H28N2O5/c1-15(25)3-2-4-16-5-6-19-17(11-16)7-8-24-20(19)12-21(23-22(24)26)29-14-18-13-27-9-10-28-18/h5-6,11-12,15,18,25H,2-4,7-10,13-14H2,1H3/t15?,18-/m0/s1. The summed E-state index contributed by atoms with van der Waals surface area (Å²) in [6, 6.07) is 8.25. The van der Waals surface area contributed by atoms with Gasteiger partial charge in [-0.1, -0.05) is 18.2 Å². The van der Waals surface area contributed by atoms with Gasteiger partial charge in [0.2, 0.25) is 5.88 Å². The van der Waals surface area contributed by atoms with Crippen molar-refractivity contribution >= 4 is 0 Å². The number of aromatic nitrogens is 2. The number of nitrogens with zero attached hydrogens (tertiary/aromatic N) is 2. The van der Waals surface area contributed by atoms with Crippen molar-refractivity contribution in [3.63, 3.8) is 0 Å². The third kappa shape index (κ3) is 4.86. The fraction of sp³-hybridized carbons (Fsp3) is 0.545. The number of aliphatic hydroxyl groups is 1. The number of fused-ring (bicyclic) bond motifs is 3. The van der Waals surface area contributed by atoms with E-state index in [-0.39, 0.29) is 17.9 Å². The molecular weight excluding hydrogens is 372 g/mol. The molecule has 1 aromatic carbocycles. The second-order valence-corrected chi connectivity index (χ2v) is 7.78. The minimum Gasteiger partial charge on any atom is -0.475 e. The fourth-order valence-corrected chi connectivity index (χ4v) is 3.90. The van der Waals surface area contributed by atoms with Crippen LogP contribution < -0.4 is 10.4 Å². The van der Waals surface area contributed by atoms with Crippen molar-refractivity contribution in [2.75, 3.05) is 26.4 Å². The van der Waals surface area contributed by atoms with Gasteiger partial charge < -0.3 is 19.3 Å². The summed E-state index contributed by atoms with van der Waals surface area (Å²) in [5.74, 6) is 0.323. The lowest BCUT2D eigenvalue weighted by Gasteiger charge is -2.24. The molecule has 1 N–H and O–H groups in total. The van der Waals surface area contributed by atoms with Crippen molar-refractivity contribution in [1.82, 2.24) is 9.55 Å². The number of ether oxygens (including phenoxy) is 3. The van der Waals surface area contributed by atoms with Gasteiger partial charge in [0.25, 0.3) is 0 Å². The highest BCUT2D eigenvalue weighted by Crippen LogP contribution is 2.30. The number of hydrogen-bond acceptors (Lipinski definition) is 6. The van der Waals surface area contributed by atoms with Gasteiger partial charge in [-0.3, -0.25) is 4.57 Å². The molecule has 3 heterocycles. The SMILES string of the molecule is CC(O)CCCc1ccc2c(c1)CCn1c-2cc(OC[C@@H]2COCCO2)nc1=O. The van der Waals surface area contributed by atoms with E-state index in [9.17, 15) is 9.90 Å². The van der Waals surface area contributed by atoms with Crippen LogP contribution in [0.25, 0.3) is 11.3 Å².